The van der Waals surface area contributed by atoms with Crippen molar-refractivity contribution in [2.45, 2.75) is 17.4 Å². The van der Waals surface area contributed by atoms with Crippen molar-refractivity contribution in [1.82, 2.24) is 9.62 Å². The number of likely N-dealkylation sites (tertiary alicyclic amines) is 1. The summed E-state index contributed by atoms with van der Waals surface area (Å²) in [5, 5.41) is 10.7. The van der Waals surface area contributed by atoms with Crippen LogP contribution in [-0.4, -0.2) is 32.4 Å². The molecule has 0 radical (unpaired) electrons. The molecule has 22 heavy (non-hydrogen) atoms. The van der Waals surface area contributed by atoms with Gasteiger partial charge in [0.2, 0.25) is 10.0 Å². The van der Waals surface area contributed by atoms with E-state index in [4.69, 9.17) is 16.9 Å². The maximum atomic E-state index is 12.7. The molecule has 1 aliphatic rings. The normalized spacial score (nSPS) is 18.5. The van der Waals surface area contributed by atoms with Crippen LogP contribution in [0.2, 0.25) is 5.02 Å². The number of nitrogens with one attached hydrogen (secondary N) is 1. The van der Waals surface area contributed by atoms with Gasteiger partial charge in [0.15, 0.2) is 6.19 Å². The predicted octanol–water partition coefficient (Wildman–Crippen LogP) is 2.33. The lowest BCUT2D eigenvalue weighted by atomic mass is 10.1. The summed E-state index contributed by atoms with van der Waals surface area (Å²) in [6.07, 6.45) is 2.66. The molecule has 0 aromatic heterocycles. The highest BCUT2D eigenvalue weighted by molar-refractivity contribution is 7.89. The molecule has 0 saturated carbocycles. The molecule has 114 valence electrons. The Hall–Kier alpha value is -1.81. The Morgan fingerprint density at radius 1 is 1.23 bits per heavy atom. The third-order valence-corrected chi connectivity index (χ3v) is 5.68. The van der Waals surface area contributed by atoms with Crippen LogP contribution in [0.15, 0.2) is 41.3 Å². The number of nitriles is 1. The molecule has 0 amide bonds. The van der Waals surface area contributed by atoms with Gasteiger partial charge < -0.3 is 4.90 Å². The summed E-state index contributed by atoms with van der Waals surface area (Å²) in [7, 11) is -3.66. The standard InChI is InChI=1S/C15H14ClN3O2S/c16-14-5-1-4-13-12(14)3-2-6-15(13)22(20,21)18-11-7-8-19(9-11)10-17/h1-6,11,18H,7-9H2. The molecule has 1 atom stereocenters. The van der Waals surface area contributed by atoms with E-state index in [2.05, 4.69) is 4.72 Å². The zero-order valence-corrected chi connectivity index (χ0v) is 13.2. The van der Waals surface area contributed by atoms with Crippen molar-refractivity contribution in [3.05, 3.63) is 41.4 Å². The van der Waals surface area contributed by atoms with E-state index in [1.165, 1.54) is 0 Å². The molecule has 0 bridgehead atoms. The topological polar surface area (TPSA) is 73.2 Å². The number of halogens is 1. The molecule has 1 N–H and O–H groups in total. The van der Waals surface area contributed by atoms with Gasteiger partial charge in [0, 0.05) is 34.9 Å². The Labute approximate surface area is 134 Å². The third kappa shape index (κ3) is 2.75. The number of hydrogen-bond donors (Lipinski definition) is 1. The number of benzene rings is 2. The second-order valence-electron chi connectivity index (χ2n) is 5.24. The number of hydrogen-bond acceptors (Lipinski definition) is 4. The first-order valence-electron chi connectivity index (χ1n) is 6.85. The van der Waals surface area contributed by atoms with Gasteiger partial charge in [-0.15, -0.1) is 0 Å². The average Bonchev–Trinajstić information content (AvgIpc) is 2.94. The fourth-order valence-electron chi connectivity index (χ4n) is 2.71. The molecule has 1 aliphatic heterocycles. The van der Waals surface area contributed by atoms with Crippen LogP contribution in [0.5, 0.6) is 0 Å². The lowest BCUT2D eigenvalue weighted by Crippen LogP contribution is -2.36. The molecule has 7 heteroatoms. The fraction of sp³-hybridized carbons (Fsp3) is 0.267. The first-order chi connectivity index (χ1) is 10.5. The second kappa shape index (κ2) is 5.76. The van der Waals surface area contributed by atoms with Crippen LogP contribution in [-0.2, 0) is 10.0 Å². The summed E-state index contributed by atoms with van der Waals surface area (Å²) in [6.45, 7) is 0.978. The molecule has 2 aromatic carbocycles. The van der Waals surface area contributed by atoms with Crippen molar-refractivity contribution in [1.29, 1.82) is 5.26 Å². The monoisotopic (exact) mass is 335 g/mol. The zero-order chi connectivity index (χ0) is 15.7. The molecule has 1 unspecified atom stereocenters. The molecule has 3 rings (SSSR count). The highest BCUT2D eigenvalue weighted by atomic mass is 35.5. The number of rotatable bonds is 3. The van der Waals surface area contributed by atoms with Gasteiger partial charge in [-0.3, -0.25) is 0 Å². The number of sulfonamides is 1. The van der Waals surface area contributed by atoms with E-state index in [0.29, 0.717) is 35.3 Å². The largest absolute Gasteiger partial charge is 0.309 e. The second-order valence-corrected chi connectivity index (χ2v) is 7.33. The summed E-state index contributed by atoms with van der Waals surface area (Å²) < 4.78 is 28.0. The first kappa shape index (κ1) is 15.1. The van der Waals surface area contributed by atoms with Crippen LogP contribution >= 0.6 is 11.6 Å². The smallest absolute Gasteiger partial charge is 0.241 e. The Balaban J connectivity index is 1.97. The Kier molecular flexibility index (Phi) is 3.96. The molecule has 0 spiro atoms. The van der Waals surface area contributed by atoms with Gasteiger partial charge in [0.1, 0.15) is 0 Å². The van der Waals surface area contributed by atoms with Crippen molar-refractivity contribution >= 4 is 32.4 Å². The molecule has 5 nitrogen and oxygen atoms in total. The van der Waals surface area contributed by atoms with Gasteiger partial charge in [-0.25, -0.2) is 13.1 Å². The van der Waals surface area contributed by atoms with Crippen LogP contribution in [0.3, 0.4) is 0 Å². The van der Waals surface area contributed by atoms with E-state index in [1.54, 1.807) is 41.3 Å². The zero-order valence-electron chi connectivity index (χ0n) is 11.7. The van der Waals surface area contributed by atoms with Crippen LogP contribution in [0, 0.1) is 11.5 Å². The van der Waals surface area contributed by atoms with Crippen LogP contribution in [0.4, 0.5) is 0 Å². The highest BCUT2D eigenvalue weighted by Crippen LogP contribution is 2.28. The van der Waals surface area contributed by atoms with Crippen LogP contribution in [0.25, 0.3) is 10.8 Å². The minimum atomic E-state index is -3.66. The first-order valence-corrected chi connectivity index (χ1v) is 8.71. The highest BCUT2D eigenvalue weighted by Gasteiger charge is 2.27. The van der Waals surface area contributed by atoms with Crippen molar-refractivity contribution in [3.63, 3.8) is 0 Å². The van der Waals surface area contributed by atoms with E-state index in [1.807, 2.05) is 6.19 Å². The van der Waals surface area contributed by atoms with Crippen molar-refractivity contribution in [2.75, 3.05) is 13.1 Å². The van der Waals surface area contributed by atoms with E-state index in [0.717, 1.165) is 0 Å². The summed E-state index contributed by atoms with van der Waals surface area (Å²) in [4.78, 5) is 1.76. The summed E-state index contributed by atoms with van der Waals surface area (Å²) in [5.41, 5.74) is 0. The molecule has 0 aliphatic carbocycles. The molecular weight excluding hydrogens is 322 g/mol. The van der Waals surface area contributed by atoms with E-state index in [-0.39, 0.29) is 10.9 Å². The molecule has 1 heterocycles. The van der Waals surface area contributed by atoms with Crippen molar-refractivity contribution in [3.8, 4) is 6.19 Å². The minimum absolute atomic E-state index is 0.211. The lowest BCUT2D eigenvalue weighted by molar-refractivity contribution is 0.470. The third-order valence-electron chi connectivity index (χ3n) is 3.77. The summed E-state index contributed by atoms with van der Waals surface area (Å²) in [6, 6.07) is 10.00. The predicted molar refractivity (Wildman–Crippen MR) is 84.9 cm³/mol. The summed E-state index contributed by atoms with van der Waals surface area (Å²) in [5.74, 6) is 0. The van der Waals surface area contributed by atoms with E-state index >= 15 is 0 Å². The van der Waals surface area contributed by atoms with Gasteiger partial charge >= 0.3 is 0 Å². The van der Waals surface area contributed by atoms with Gasteiger partial charge in [-0.05, 0) is 18.6 Å². The van der Waals surface area contributed by atoms with Gasteiger partial charge in [-0.1, -0.05) is 35.9 Å². The average molecular weight is 336 g/mol. The Morgan fingerprint density at radius 3 is 2.68 bits per heavy atom. The van der Waals surface area contributed by atoms with Gasteiger partial charge in [0.25, 0.3) is 0 Å². The van der Waals surface area contributed by atoms with Crippen molar-refractivity contribution in [2.24, 2.45) is 0 Å². The maximum Gasteiger partial charge on any atom is 0.241 e. The Morgan fingerprint density at radius 2 is 1.95 bits per heavy atom. The molecule has 1 fully saturated rings. The minimum Gasteiger partial charge on any atom is -0.309 e. The van der Waals surface area contributed by atoms with Gasteiger partial charge in [-0.2, -0.15) is 5.26 Å². The van der Waals surface area contributed by atoms with Crippen LogP contribution < -0.4 is 4.72 Å². The van der Waals surface area contributed by atoms with Crippen LogP contribution in [0.1, 0.15) is 6.42 Å². The van der Waals surface area contributed by atoms with E-state index in [9.17, 15) is 8.42 Å². The van der Waals surface area contributed by atoms with Gasteiger partial charge in [0.05, 0.1) is 4.90 Å². The molecule has 1 saturated heterocycles. The van der Waals surface area contributed by atoms with Crippen molar-refractivity contribution < 1.29 is 8.42 Å². The maximum absolute atomic E-state index is 12.7. The molecule has 2 aromatic rings. The van der Waals surface area contributed by atoms with E-state index < -0.39 is 10.0 Å². The number of fused-ring (bicyclic) bond motifs is 1. The fourth-order valence-corrected chi connectivity index (χ4v) is 4.43. The quantitative estimate of drug-likeness (QED) is 0.874. The number of nitrogens with zero attached hydrogens (tertiary/aromatic N) is 2. The summed E-state index contributed by atoms with van der Waals surface area (Å²) >= 11 is 6.13. The molecular formula is C15H14ClN3O2S. The Bertz CT molecular complexity index is 861. The lowest BCUT2D eigenvalue weighted by Gasteiger charge is -2.14. The SMILES string of the molecule is N#CN1CCC(NS(=O)(=O)c2cccc3c(Cl)cccc23)C1.